The van der Waals surface area contributed by atoms with Gasteiger partial charge in [-0.2, -0.15) is 5.26 Å². The number of carbonyl (C=O) groups is 1. The Morgan fingerprint density at radius 1 is 1.13 bits per heavy atom. The van der Waals surface area contributed by atoms with Crippen LogP contribution in [0.5, 0.6) is 0 Å². The Kier molecular flexibility index (Phi) is 5.79. The van der Waals surface area contributed by atoms with Gasteiger partial charge in [-0.3, -0.25) is 14.9 Å². The summed E-state index contributed by atoms with van der Waals surface area (Å²) in [5.41, 5.74) is 4.87. The van der Waals surface area contributed by atoms with Crippen molar-refractivity contribution in [2.45, 2.75) is 20.8 Å². The lowest BCUT2D eigenvalue weighted by Crippen LogP contribution is -2.15. The summed E-state index contributed by atoms with van der Waals surface area (Å²) in [6.45, 7) is 5.80. The summed E-state index contributed by atoms with van der Waals surface area (Å²) in [5, 5.41) is 23.2. The monoisotopic (exact) mass is 400 g/mol. The summed E-state index contributed by atoms with van der Waals surface area (Å²) in [4.78, 5) is 23.1. The van der Waals surface area contributed by atoms with Crippen LogP contribution in [0.25, 0.3) is 11.8 Å². The molecular formula is C23H20N4O3. The van der Waals surface area contributed by atoms with Gasteiger partial charge < -0.3 is 9.88 Å². The molecule has 7 heteroatoms. The molecule has 0 radical (unpaired) electrons. The molecule has 0 fully saturated rings. The lowest BCUT2D eigenvalue weighted by molar-refractivity contribution is -0.384. The van der Waals surface area contributed by atoms with E-state index in [1.54, 1.807) is 35.0 Å². The van der Waals surface area contributed by atoms with Gasteiger partial charge in [-0.15, -0.1) is 0 Å². The van der Waals surface area contributed by atoms with Gasteiger partial charge in [-0.05, 0) is 62.2 Å². The largest absolute Gasteiger partial charge is 0.321 e. The highest BCUT2D eigenvalue weighted by molar-refractivity contribution is 6.10. The van der Waals surface area contributed by atoms with E-state index < -0.39 is 10.8 Å². The molecule has 1 amide bonds. The van der Waals surface area contributed by atoms with E-state index in [-0.39, 0.29) is 11.3 Å². The second-order valence-corrected chi connectivity index (χ2v) is 6.97. The van der Waals surface area contributed by atoms with Gasteiger partial charge in [0, 0.05) is 35.4 Å². The number of anilines is 1. The number of aryl methyl sites for hydroxylation is 3. The van der Waals surface area contributed by atoms with E-state index in [4.69, 9.17) is 0 Å². The molecule has 150 valence electrons. The molecule has 0 spiro atoms. The third kappa shape index (κ3) is 4.28. The number of aromatic nitrogens is 1. The Bertz CT molecular complexity index is 1170. The molecule has 30 heavy (non-hydrogen) atoms. The Morgan fingerprint density at radius 2 is 1.77 bits per heavy atom. The van der Waals surface area contributed by atoms with Gasteiger partial charge in [0.1, 0.15) is 11.6 Å². The maximum absolute atomic E-state index is 12.7. The number of non-ortho nitro benzene ring substituents is 1. The number of hydrogen-bond donors (Lipinski definition) is 1. The first-order valence-electron chi connectivity index (χ1n) is 9.23. The van der Waals surface area contributed by atoms with E-state index in [9.17, 15) is 20.2 Å². The van der Waals surface area contributed by atoms with Gasteiger partial charge in [0.05, 0.1) is 4.92 Å². The highest BCUT2D eigenvalue weighted by Gasteiger charge is 2.14. The molecule has 0 atom stereocenters. The molecule has 0 aliphatic carbocycles. The molecule has 7 nitrogen and oxygen atoms in total. The van der Waals surface area contributed by atoms with Crippen molar-refractivity contribution in [1.29, 1.82) is 5.26 Å². The summed E-state index contributed by atoms with van der Waals surface area (Å²) in [5.74, 6) is -0.496. The zero-order chi connectivity index (χ0) is 21.8. The zero-order valence-corrected chi connectivity index (χ0v) is 16.8. The normalized spacial score (nSPS) is 11.1. The number of hydrogen-bond acceptors (Lipinski definition) is 4. The van der Waals surface area contributed by atoms with E-state index in [1.807, 2.05) is 39.0 Å². The Hall–Kier alpha value is -4.18. The third-order valence-electron chi connectivity index (χ3n) is 4.69. The molecule has 0 saturated carbocycles. The van der Waals surface area contributed by atoms with Gasteiger partial charge in [0.25, 0.3) is 11.6 Å². The van der Waals surface area contributed by atoms with Crippen molar-refractivity contribution in [2.75, 3.05) is 5.32 Å². The first kappa shape index (κ1) is 20.6. The molecule has 0 unspecified atom stereocenters. The smallest absolute Gasteiger partial charge is 0.269 e. The van der Waals surface area contributed by atoms with Crippen LogP contribution in [0.1, 0.15) is 22.4 Å². The standard InChI is InChI=1S/C23H20N4O3/c1-15-11-16(2)22(17(3)12-15)25-23(28)18(14-24)13-21-5-4-10-26(21)19-6-8-20(9-7-19)27(29)30/h4-13H,1-3H3,(H,25,28)/b18-13-. The molecule has 1 N–H and O–H groups in total. The number of amides is 1. The fourth-order valence-corrected chi connectivity index (χ4v) is 3.34. The fraction of sp³-hybridized carbons (Fsp3) is 0.130. The van der Waals surface area contributed by atoms with Crippen LogP contribution >= 0.6 is 0 Å². The number of nitrogens with zero attached hydrogens (tertiary/aromatic N) is 3. The average Bonchev–Trinajstić information content (AvgIpc) is 3.17. The Labute approximate surface area is 174 Å². The van der Waals surface area contributed by atoms with Crippen molar-refractivity contribution in [3.8, 4) is 11.8 Å². The molecule has 3 rings (SSSR count). The van der Waals surface area contributed by atoms with Crippen LogP contribution in [0, 0.1) is 42.2 Å². The predicted octanol–water partition coefficient (Wildman–Crippen LogP) is 4.86. The number of nitrogens with one attached hydrogen (secondary N) is 1. The Morgan fingerprint density at radius 3 is 2.33 bits per heavy atom. The molecule has 1 heterocycles. The molecule has 0 bridgehead atoms. The minimum atomic E-state index is -0.496. The highest BCUT2D eigenvalue weighted by atomic mass is 16.6. The lowest BCUT2D eigenvalue weighted by Gasteiger charge is -2.12. The summed E-state index contributed by atoms with van der Waals surface area (Å²) < 4.78 is 1.75. The second-order valence-electron chi connectivity index (χ2n) is 6.97. The quantitative estimate of drug-likeness (QED) is 0.286. The van der Waals surface area contributed by atoms with Crippen molar-refractivity contribution in [2.24, 2.45) is 0 Å². The summed E-state index contributed by atoms with van der Waals surface area (Å²) in [6, 6.07) is 15.5. The number of benzene rings is 2. The molecule has 2 aromatic carbocycles. The van der Waals surface area contributed by atoms with Crippen molar-refractivity contribution < 1.29 is 9.72 Å². The van der Waals surface area contributed by atoms with Crippen molar-refractivity contribution in [3.63, 3.8) is 0 Å². The van der Waals surface area contributed by atoms with Crippen LogP contribution in [0.4, 0.5) is 11.4 Å². The minimum Gasteiger partial charge on any atom is -0.321 e. The molecule has 0 aliphatic rings. The number of rotatable bonds is 5. The summed E-state index contributed by atoms with van der Waals surface area (Å²) >= 11 is 0. The van der Waals surface area contributed by atoms with E-state index in [2.05, 4.69) is 5.32 Å². The van der Waals surface area contributed by atoms with Crippen LogP contribution in [0.3, 0.4) is 0 Å². The predicted molar refractivity (Wildman–Crippen MR) is 115 cm³/mol. The first-order chi connectivity index (χ1) is 14.3. The number of nitro groups is 1. The molecule has 3 aromatic rings. The van der Waals surface area contributed by atoms with E-state index >= 15 is 0 Å². The van der Waals surface area contributed by atoms with Crippen LogP contribution in [0.15, 0.2) is 60.3 Å². The number of carbonyl (C=O) groups excluding carboxylic acids is 1. The Balaban J connectivity index is 1.91. The molecule has 1 aromatic heterocycles. The van der Waals surface area contributed by atoms with E-state index in [1.165, 1.54) is 18.2 Å². The molecule has 0 aliphatic heterocycles. The first-order valence-corrected chi connectivity index (χ1v) is 9.23. The molecule has 0 saturated heterocycles. The van der Waals surface area contributed by atoms with Crippen LogP contribution in [0.2, 0.25) is 0 Å². The fourth-order valence-electron chi connectivity index (χ4n) is 3.34. The van der Waals surface area contributed by atoms with Crippen molar-refractivity contribution in [1.82, 2.24) is 4.57 Å². The van der Waals surface area contributed by atoms with E-state index in [0.29, 0.717) is 17.1 Å². The number of nitriles is 1. The van der Waals surface area contributed by atoms with Crippen molar-refractivity contribution >= 4 is 23.4 Å². The van der Waals surface area contributed by atoms with E-state index in [0.717, 1.165) is 16.7 Å². The average molecular weight is 400 g/mol. The van der Waals surface area contributed by atoms with Gasteiger partial charge in [0.15, 0.2) is 0 Å². The van der Waals surface area contributed by atoms with Gasteiger partial charge in [0.2, 0.25) is 0 Å². The SMILES string of the molecule is Cc1cc(C)c(NC(=O)/C(C#N)=C\c2cccn2-c2ccc([N+](=O)[O-])cc2)c(C)c1. The van der Waals surface area contributed by atoms with Crippen LogP contribution in [-0.4, -0.2) is 15.4 Å². The maximum Gasteiger partial charge on any atom is 0.269 e. The summed E-state index contributed by atoms with van der Waals surface area (Å²) in [6.07, 6.45) is 3.25. The van der Waals surface area contributed by atoms with Crippen molar-refractivity contribution in [3.05, 3.63) is 92.8 Å². The zero-order valence-electron chi connectivity index (χ0n) is 16.8. The highest BCUT2D eigenvalue weighted by Crippen LogP contribution is 2.23. The maximum atomic E-state index is 12.7. The summed E-state index contributed by atoms with van der Waals surface area (Å²) in [7, 11) is 0. The minimum absolute atomic E-state index is 0.0103. The topological polar surface area (TPSA) is 101 Å². The lowest BCUT2D eigenvalue weighted by atomic mass is 10.0. The van der Waals surface area contributed by atoms with Gasteiger partial charge in [-0.25, -0.2) is 0 Å². The third-order valence-corrected chi connectivity index (χ3v) is 4.69. The molecular weight excluding hydrogens is 380 g/mol. The van der Waals surface area contributed by atoms with Crippen LogP contribution in [-0.2, 0) is 4.79 Å². The van der Waals surface area contributed by atoms with Gasteiger partial charge in [-0.1, -0.05) is 17.7 Å². The number of nitro benzene ring substituents is 1. The van der Waals surface area contributed by atoms with Gasteiger partial charge >= 0.3 is 0 Å². The van der Waals surface area contributed by atoms with Crippen LogP contribution < -0.4 is 5.32 Å². The second kappa shape index (κ2) is 8.45.